The second kappa shape index (κ2) is 7.96. The van der Waals surface area contributed by atoms with Gasteiger partial charge in [0.05, 0.1) is 24.3 Å². The van der Waals surface area contributed by atoms with Crippen LogP contribution in [-0.4, -0.2) is 19.0 Å². The first-order valence-electron chi connectivity index (χ1n) is 9.09. The molecule has 2 aliphatic rings. The molecule has 1 aliphatic heterocycles. The van der Waals surface area contributed by atoms with E-state index in [1.165, 1.54) is 18.4 Å². The topological polar surface area (TPSA) is 42.2 Å². The van der Waals surface area contributed by atoms with Crippen LogP contribution in [0, 0.1) is 23.2 Å². The van der Waals surface area contributed by atoms with Gasteiger partial charge in [-0.3, -0.25) is 0 Å². The van der Waals surface area contributed by atoms with Crippen LogP contribution in [0.4, 0.5) is 0 Å². The van der Waals surface area contributed by atoms with Gasteiger partial charge >= 0.3 is 0 Å². The molecule has 0 bridgehead atoms. The molecular weight excluding hydrogens is 298 g/mol. The average molecular weight is 325 g/mol. The summed E-state index contributed by atoms with van der Waals surface area (Å²) in [6.07, 6.45) is 7.76. The minimum absolute atomic E-state index is 0.0389. The number of allylic oxidation sites excluding steroid dienone is 1. The maximum Gasteiger partial charge on any atom is 0.160 e. The fourth-order valence-corrected chi connectivity index (χ4v) is 3.99. The maximum atomic E-state index is 8.91. The van der Waals surface area contributed by atoms with Crippen molar-refractivity contribution in [2.45, 2.75) is 57.3 Å². The van der Waals surface area contributed by atoms with E-state index in [4.69, 9.17) is 14.7 Å². The Hall–Kier alpha value is -1.63. The first kappa shape index (κ1) is 17.2. The van der Waals surface area contributed by atoms with Gasteiger partial charge in [-0.2, -0.15) is 5.26 Å². The molecule has 128 valence electrons. The Morgan fingerprint density at radius 1 is 1.21 bits per heavy atom. The molecule has 0 amide bonds. The third-order valence-electron chi connectivity index (χ3n) is 5.62. The number of benzene rings is 1. The molecule has 3 rings (SSSR count). The van der Waals surface area contributed by atoms with E-state index in [-0.39, 0.29) is 12.4 Å². The van der Waals surface area contributed by atoms with Crippen molar-refractivity contribution in [2.24, 2.45) is 11.8 Å². The molecule has 0 aromatic heterocycles. The van der Waals surface area contributed by atoms with E-state index in [9.17, 15) is 0 Å². The van der Waals surface area contributed by atoms with E-state index in [1.807, 2.05) is 18.2 Å². The summed E-state index contributed by atoms with van der Waals surface area (Å²) in [5, 5.41) is 8.91. The van der Waals surface area contributed by atoms with E-state index in [1.54, 1.807) is 0 Å². The van der Waals surface area contributed by atoms with Gasteiger partial charge in [-0.25, -0.2) is 0 Å². The monoisotopic (exact) mass is 325 g/mol. The number of nitrogens with zero attached hydrogens (tertiary/aromatic N) is 1. The first-order chi connectivity index (χ1) is 11.7. The third kappa shape index (κ3) is 3.88. The summed E-state index contributed by atoms with van der Waals surface area (Å²) in [7, 11) is 0. The van der Waals surface area contributed by atoms with Gasteiger partial charge in [-0.05, 0) is 62.6 Å². The van der Waals surface area contributed by atoms with Crippen LogP contribution in [-0.2, 0) is 9.47 Å². The number of ether oxygens (including phenoxy) is 2. The molecular formula is C21H27NO2. The predicted molar refractivity (Wildman–Crippen MR) is 94.4 cm³/mol. The van der Waals surface area contributed by atoms with Gasteiger partial charge in [0.2, 0.25) is 0 Å². The fourth-order valence-electron chi connectivity index (χ4n) is 3.99. The Morgan fingerprint density at radius 3 is 2.50 bits per heavy atom. The number of hydrogen-bond donors (Lipinski definition) is 0. The van der Waals surface area contributed by atoms with E-state index >= 15 is 0 Å². The minimum atomic E-state index is -0.0389. The maximum absolute atomic E-state index is 8.91. The van der Waals surface area contributed by atoms with Crippen LogP contribution in [0.3, 0.4) is 0 Å². The average Bonchev–Trinajstić information content (AvgIpc) is 2.64. The molecule has 1 aliphatic carbocycles. The highest BCUT2D eigenvalue weighted by Crippen LogP contribution is 2.39. The minimum Gasteiger partial charge on any atom is -0.352 e. The van der Waals surface area contributed by atoms with Crippen LogP contribution in [0.2, 0.25) is 0 Å². The molecule has 1 heterocycles. The summed E-state index contributed by atoms with van der Waals surface area (Å²) < 4.78 is 12.2. The van der Waals surface area contributed by atoms with Crippen molar-refractivity contribution in [1.82, 2.24) is 0 Å². The summed E-state index contributed by atoms with van der Waals surface area (Å²) in [6, 6.07) is 10.3. The van der Waals surface area contributed by atoms with E-state index in [2.05, 4.69) is 31.7 Å². The van der Waals surface area contributed by atoms with E-state index < -0.39 is 0 Å². The largest absolute Gasteiger partial charge is 0.352 e. The highest BCUT2D eigenvalue weighted by molar-refractivity contribution is 5.33. The van der Waals surface area contributed by atoms with Crippen molar-refractivity contribution in [1.29, 1.82) is 5.26 Å². The molecule has 1 aromatic carbocycles. The van der Waals surface area contributed by atoms with Gasteiger partial charge < -0.3 is 9.47 Å². The number of nitriles is 1. The molecule has 1 saturated carbocycles. The van der Waals surface area contributed by atoms with Crippen molar-refractivity contribution in [2.75, 3.05) is 6.61 Å². The zero-order valence-corrected chi connectivity index (χ0v) is 14.5. The highest BCUT2D eigenvalue weighted by atomic mass is 16.7. The van der Waals surface area contributed by atoms with E-state index in [0.29, 0.717) is 17.8 Å². The Balaban J connectivity index is 1.52. The smallest absolute Gasteiger partial charge is 0.160 e. The lowest BCUT2D eigenvalue weighted by Crippen LogP contribution is -2.42. The van der Waals surface area contributed by atoms with Crippen LogP contribution in [0.5, 0.6) is 0 Å². The van der Waals surface area contributed by atoms with Crippen molar-refractivity contribution < 1.29 is 9.47 Å². The summed E-state index contributed by atoms with van der Waals surface area (Å²) in [6.45, 7) is 6.76. The van der Waals surface area contributed by atoms with Crippen molar-refractivity contribution >= 4 is 0 Å². The summed E-state index contributed by atoms with van der Waals surface area (Å²) >= 11 is 0. The van der Waals surface area contributed by atoms with Crippen LogP contribution in [0.15, 0.2) is 36.9 Å². The SMILES string of the molecule is C=CC[C@H]1CO[C@H]([C@H]2CC[C@H](c3ccc(C#N)cc3)CC2)O[C@@H]1C. The second-order valence-electron chi connectivity index (χ2n) is 7.17. The molecule has 3 heteroatoms. The van der Waals surface area contributed by atoms with Crippen LogP contribution < -0.4 is 0 Å². The molecule has 24 heavy (non-hydrogen) atoms. The van der Waals surface area contributed by atoms with Gasteiger partial charge in [0.1, 0.15) is 0 Å². The molecule has 0 spiro atoms. The summed E-state index contributed by atoms with van der Waals surface area (Å²) in [5.74, 6) is 1.55. The van der Waals surface area contributed by atoms with E-state index in [0.717, 1.165) is 31.4 Å². The summed E-state index contributed by atoms with van der Waals surface area (Å²) in [5.41, 5.74) is 2.09. The molecule has 1 saturated heterocycles. The third-order valence-corrected chi connectivity index (χ3v) is 5.62. The quantitative estimate of drug-likeness (QED) is 0.748. The standard InChI is InChI=1S/C21H27NO2/c1-3-4-20-14-23-21(24-15(20)2)19-11-9-18(10-12-19)17-7-5-16(13-22)6-8-17/h3,5-8,15,18-21H,1,4,9-12,14H2,2H3/t15-,18-,19-,20+,21+/m1/s1. The predicted octanol–water partition coefficient (Wildman–Crippen LogP) is 4.79. The van der Waals surface area contributed by atoms with Crippen LogP contribution >= 0.6 is 0 Å². The normalized spacial score (nSPS) is 33.6. The van der Waals surface area contributed by atoms with Gasteiger partial charge in [0.25, 0.3) is 0 Å². The lowest BCUT2D eigenvalue weighted by molar-refractivity contribution is -0.255. The Bertz CT molecular complexity index is 581. The molecule has 3 nitrogen and oxygen atoms in total. The van der Waals surface area contributed by atoms with Gasteiger partial charge in [0, 0.05) is 11.8 Å². The van der Waals surface area contributed by atoms with Crippen molar-refractivity contribution in [3.05, 3.63) is 48.0 Å². The van der Waals surface area contributed by atoms with Crippen LogP contribution in [0.25, 0.3) is 0 Å². The van der Waals surface area contributed by atoms with Gasteiger partial charge in [-0.1, -0.05) is 18.2 Å². The number of hydrogen-bond acceptors (Lipinski definition) is 3. The molecule has 0 N–H and O–H groups in total. The fraction of sp³-hybridized carbons (Fsp3) is 0.571. The number of rotatable bonds is 4. The Kier molecular flexibility index (Phi) is 5.71. The van der Waals surface area contributed by atoms with Crippen molar-refractivity contribution in [3.63, 3.8) is 0 Å². The zero-order valence-electron chi connectivity index (χ0n) is 14.5. The lowest BCUT2D eigenvalue weighted by atomic mass is 9.78. The Morgan fingerprint density at radius 2 is 1.92 bits per heavy atom. The Labute approximate surface area is 145 Å². The molecule has 0 unspecified atom stereocenters. The lowest BCUT2D eigenvalue weighted by Gasteiger charge is -2.40. The molecule has 1 aromatic rings. The second-order valence-corrected chi connectivity index (χ2v) is 7.17. The highest BCUT2D eigenvalue weighted by Gasteiger charge is 2.35. The first-order valence-corrected chi connectivity index (χ1v) is 9.09. The van der Waals surface area contributed by atoms with Gasteiger partial charge in [0.15, 0.2) is 6.29 Å². The van der Waals surface area contributed by atoms with Crippen LogP contribution in [0.1, 0.15) is 56.1 Å². The zero-order chi connectivity index (χ0) is 16.9. The van der Waals surface area contributed by atoms with Crippen molar-refractivity contribution in [3.8, 4) is 6.07 Å². The molecule has 3 atom stereocenters. The molecule has 0 radical (unpaired) electrons. The molecule has 2 fully saturated rings. The van der Waals surface area contributed by atoms with Gasteiger partial charge in [-0.15, -0.1) is 6.58 Å². The summed E-state index contributed by atoms with van der Waals surface area (Å²) in [4.78, 5) is 0.